The molecule has 1 unspecified atom stereocenters. The molecule has 6 nitrogen and oxygen atoms in total. The van der Waals surface area contributed by atoms with Crippen molar-refractivity contribution < 1.29 is 4.79 Å². The van der Waals surface area contributed by atoms with Crippen LogP contribution in [0.3, 0.4) is 0 Å². The molecule has 0 aliphatic carbocycles. The van der Waals surface area contributed by atoms with Crippen LogP contribution in [0.5, 0.6) is 0 Å². The third kappa shape index (κ3) is 5.14. The van der Waals surface area contributed by atoms with E-state index in [2.05, 4.69) is 43.6 Å². The minimum atomic E-state index is -0.474. The van der Waals surface area contributed by atoms with Gasteiger partial charge in [0.1, 0.15) is 6.04 Å². The van der Waals surface area contributed by atoms with Crippen LogP contribution in [0.15, 0.2) is 64.2 Å². The number of anilines is 2. The number of carbonyl (C=O) groups is 1. The maximum Gasteiger partial charge on any atom is 0.247 e. The number of nitrogens with two attached hydrogens (primary N) is 1. The average Bonchev–Trinajstić information content (AvgIpc) is 3.06. The van der Waals surface area contributed by atoms with Gasteiger partial charge in [0.2, 0.25) is 11.9 Å². The van der Waals surface area contributed by atoms with Gasteiger partial charge in [-0.3, -0.25) is 9.36 Å². The van der Waals surface area contributed by atoms with Crippen molar-refractivity contribution in [3.63, 3.8) is 0 Å². The fraction of sp³-hybridized carbons (Fsp3) is 0.250. The molecule has 1 aromatic heterocycles. The molecule has 28 heavy (non-hydrogen) atoms. The molecular weight excluding hydrogens is 438 g/mol. The molecule has 0 radical (unpaired) electrons. The molecule has 1 amide bonds. The summed E-state index contributed by atoms with van der Waals surface area (Å²) in [6.45, 7) is 1.95. The second-order valence-electron chi connectivity index (χ2n) is 6.22. The minimum Gasteiger partial charge on any atom is -0.368 e. The van der Waals surface area contributed by atoms with Crippen molar-refractivity contribution in [2.24, 2.45) is 0 Å². The van der Waals surface area contributed by atoms with Crippen LogP contribution in [0, 0.1) is 0 Å². The Morgan fingerprint density at radius 3 is 2.57 bits per heavy atom. The largest absolute Gasteiger partial charge is 0.368 e. The van der Waals surface area contributed by atoms with Crippen LogP contribution in [0.25, 0.3) is 0 Å². The Kier molecular flexibility index (Phi) is 7.11. The van der Waals surface area contributed by atoms with E-state index in [0.717, 1.165) is 22.3 Å². The fourth-order valence-electron chi connectivity index (χ4n) is 2.83. The van der Waals surface area contributed by atoms with E-state index >= 15 is 0 Å². The Hall–Kier alpha value is -2.32. The Bertz CT molecular complexity index is 914. The van der Waals surface area contributed by atoms with Gasteiger partial charge in [-0.25, -0.2) is 0 Å². The first-order valence-corrected chi connectivity index (χ1v) is 10.8. The summed E-state index contributed by atoms with van der Waals surface area (Å²) < 4.78 is 2.68. The summed E-state index contributed by atoms with van der Waals surface area (Å²) in [5.41, 5.74) is 8.03. The number of benzene rings is 2. The molecule has 1 heterocycles. The lowest BCUT2D eigenvalue weighted by atomic mass is 10.2. The number of aryl methyl sites for hydroxylation is 1. The molecule has 3 N–H and O–H groups in total. The summed E-state index contributed by atoms with van der Waals surface area (Å²) in [6, 6.07) is 17.2. The first-order valence-electron chi connectivity index (χ1n) is 9.02. The number of hydrogen-bond donors (Lipinski definition) is 2. The summed E-state index contributed by atoms with van der Waals surface area (Å²) in [5.74, 6) is 0.939. The fourth-order valence-corrected chi connectivity index (χ4v) is 4.07. The van der Waals surface area contributed by atoms with E-state index in [9.17, 15) is 4.79 Å². The van der Waals surface area contributed by atoms with Gasteiger partial charge < -0.3 is 11.1 Å². The number of nitrogens with zero attached hydrogens (tertiary/aromatic N) is 3. The van der Waals surface area contributed by atoms with Gasteiger partial charge in [0.05, 0.1) is 0 Å². The highest BCUT2D eigenvalue weighted by molar-refractivity contribution is 9.10. The van der Waals surface area contributed by atoms with Gasteiger partial charge in [-0.15, -0.1) is 10.2 Å². The molecule has 1 atom stereocenters. The van der Waals surface area contributed by atoms with Crippen LogP contribution >= 0.6 is 27.7 Å². The van der Waals surface area contributed by atoms with Gasteiger partial charge in [0.25, 0.3) is 0 Å². The zero-order valence-corrected chi connectivity index (χ0v) is 17.9. The molecule has 2 aromatic carbocycles. The Morgan fingerprint density at radius 2 is 1.89 bits per heavy atom. The number of amides is 1. The van der Waals surface area contributed by atoms with Gasteiger partial charge in [-0.2, -0.15) is 0 Å². The molecule has 8 heteroatoms. The van der Waals surface area contributed by atoms with Crippen LogP contribution in [-0.4, -0.2) is 26.4 Å². The molecule has 0 fully saturated rings. The molecule has 3 rings (SSSR count). The summed E-state index contributed by atoms with van der Waals surface area (Å²) in [5, 5.41) is 11.8. The Labute approximate surface area is 177 Å². The normalized spacial score (nSPS) is 11.9. The van der Waals surface area contributed by atoms with Gasteiger partial charge in [-0.1, -0.05) is 64.9 Å². The molecule has 146 valence electrons. The molecule has 0 spiro atoms. The molecule has 3 aromatic rings. The number of carbonyl (C=O) groups excluding carboxylic acids is 1. The van der Waals surface area contributed by atoms with Gasteiger partial charge in [-0.05, 0) is 42.7 Å². The maximum atomic E-state index is 12.9. The average molecular weight is 460 g/mol. The second-order valence-corrected chi connectivity index (χ2v) is 8.19. The van der Waals surface area contributed by atoms with Crippen molar-refractivity contribution in [3.05, 3.63) is 64.6 Å². The molecular formula is C20H22BrN5OS. The summed E-state index contributed by atoms with van der Waals surface area (Å²) in [7, 11) is 0. The van der Waals surface area contributed by atoms with Crippen LogP contribution in [0.4, 0.5) is 11.6 Å². The Balaban J connectivity index is 1.70. The zero-order chi connectivity index (χ0) is 19.9. The number of aromatic nitrogens is 3. The van der Waals surface area contributed by atoms with Crippen molar-refractivity contribution in [2.45, 2.75) is 31.0 Å². The van der Waals surface area contributed by atoms with Crippen molar-refractivity contribution in [1.29, 1.82) is 0 Å². The third-order valence-electron chi connectivity index (χ3n) is 4.27. The lowest BCUT2D eigenvalue weighted by Crippen LogP contribution is -2.27. The highest BCUT2D eigenvalue weighted by Crippen LogP contribution is 2.27. The van der Waals surface area contributed by atoms with E-state index in [-0.39, 0.29) is 11.9 Å². The second kappa shape index (κ2) is 9.75. The van der Waals surface area contributed by atoms with Crippen LogP contribution < -0.4 is 11.1 Å². The van der Waals surface area contributed by atoms with Gasteiger partial charge >= 0.3 is 0 Å². The van der Waals surface area contributed by atoms with Crippen molar-refractivity contribution in [2.75, 3.05) is 16.8 Å². The summed E-state index contributed by atoms with van der Waals surface area (Å²) in [6.07, 6.45) is 1.48. The maximum absolute atomic E-state index is 12.9. The van der Waals surface area contributed by atoms with Gasteiger partial charge in [0.15, 0.2) is 5.16 Å². The smallest absolute Gasteiger partial charge is 0.247 e. The third-order valence-corrected chi connectivity index (χ3v) is 5.74. The number of thioether (sulfide) groups is 1. The molecule has 0 bridgehead atoms. The number of nitrogen functional groups attached to an aromatic ring is 1. The standard InChI is InChI=1S/C20H22BrN5OS/c1-2-17(18(27)23-16-10-8-15(21)9-11-16)26-19(22)24-25-20(26)28-13-12-14-6-4-3-5-7-14/h3-11,17H,2,12-13H2,1H3,(H2,22,24)(H,23,27). The number of hydrogen-bond acceptors (Lipinski definition) is 5. The van der Waals surface area contributed by atoms with E-state index in [1.54, 1.807) is 16.3 Å². The molecule has 0 saturated carbocycles. The molecule has 0 aliphatic heterocycles. The topological polar surface area (TPSA) is 85.8 Å². The van der Waals surface area contributed by atoms with Crippen LogP contribution in [0.1, 0.15) is 24.9 Å². The number of halogens is 1. The van der Waals surface area contributed by atoms with Gasteiger partial charge in [0, 0.05) is 15.9 Å². The highest BCUT2D eigenvalue weighted by atomic mass is 79.9. The monoisotopic (exact) mass is 459 g/mol. The van der Waals surface area contributed by atoms with Crippen molar-refractivity contribution >= 4 is 45.2 Å². The Morgan fingerprint density at radius 1 is 1.18 bits per heavy atom. The lowest BCUT2D eigenvalue weighted by Gasteiger charge is -2.19. The van der Waals surface area contributed by atoms with Crippen molar-refractivity contribution in [3.8, 4) is 0 Å². The van der Waals surface area contributed by atoms with E-state index in [1.807, 2.05) is 49.4 Å². The predicted molar refractivity (Wildman–Crippen MR) is 117 cm³/mol. The van der Waals surface area contributed by atoms with E-state index in [4.69, 9.17) is 5.73 Å². The lowest BCUT2D eigenvalue weighted by molar-refractivity contribution is -0.119. The quantitative estimate of drug-likeness (QED) is 0.482. The zero-order valence-electron chi connectivity index (χ0n) is 15.5. The van der Waals surface area contributed by atoms with Crippen LogP contribution in [0.2, 0.25) is 0 Å². The molecule has 0 aliphatic rings. The van der Waals surface area contributed by atoms with Crippen LogP contribution in [-0.2, 0) is 11.2 Å². The minimum absolute atomic E-state index is 0.138. The first-order chi connectivity index (χ1) is 13.6. The summed E-state index contributed by atoms with van der Waals surface area (Å²) >= 11 is 4.95. The van der Waals surface area contributed by atoms with Crippen molar-refractivity contribution in [1.82, 2.24) is 14.8 Å². The molecule has 0 saturated heterocycles. The van der Waals surface area contributed by atoms with E-state index < -0.39 is 6.04 Å². The number of rotatable bonds is 8. The highest BCUT2D eigenvalue weighted by Gasteiger charge is 2.25. The SMILES string of the molecule is CCC(C(=O)Nc1ccc(Br)cc1)n1c(N)nnc1SCCc1ccccc1. The van der Waals surface area contributed by atoms with E-state index in [0.29, 0.717) is 11.6 Å². The summed E-state index contributed by atoms with van der Waals surface area (Å²) in [4.78, 5) is 12.9. The number of nitrogens with one attached hydrogen (secondary N) is 1. The first kappa shape index (κ1) is 20.4. The van der Waals surface area contributed by atoms with E-state index in [1.165, 1.54) is 5.56 Å². The predicted octanol–water partition coefficient (Wildman–Crippen LogP) is 4.55.